The smallest absolute Gasteiger partial charge is 0.227 e. The Morgan fingerprint density at radius 1 is 1.10 bits per heavy atom. The van der Waals surface area contributed by atoms with Crippen LogP contribution in [-0.2, 0) is 16.1 Å². The van der Waals surface area contributed by atoms with Gasteiger partial charge in [0.15, 0.2) is 11.5 Å². The van der Waals surface area contributed by atoms with Crippen molar-refractivity contribution in [2.24, 2.45) is 0 Å². The number of rotatable bonds is 7. The number of carbonyl (C=O) groups is 2. The minimum Gasteiger partial charge on any atom is -0.493 e. The van der Waals surface area contributed by atoms with Gasteiger partial charge in [0.05, 0.1) is 26.5 Å². The summed E-state index contributed by atoms with van der Waals surface area (Å²) < 4.78 is 16.0. The standard InChI is InChI=1S/C21H23ClN2O5/c1-27-18-5-3-14(11-19(18)28-2)13-23-20(25)7-8-21(26)24-9-10-29-17-6-4-15(22)12-16(17)24/h3-6,11-12H,7-10,13H2,1-2H3,(H,23,25). The predicted molar refractivity (Wildman–Crippen MR) is 110 cm³/mol. The minimum absolute atomic E-state index is 0.0966. The molecule has 0 radical (unpaired) electrons. The van der Waals surface area contributed by atoms with E-state index in [0.717, 1.165) is 5.56 Å². The predicted octanol–water partition coefficient (Wildman–Crippen LogP) is 3.18. The summed E-state index contributed by atoms with van der Waals surface area (Å²) in [6.07, 6.45) is 0.198. The van der Waals surface area contributed by atoms with E-state index < -0.39 is 0 Å². The van der Waals surface area contributed by atoms with Gasteiger partial charge in [0.2, 0.25) is 11.8 Å². The van der Waals surface area contributed by atoms with Crippen LogP contribution in [0.25, 0.3) is 0 Å². The lowest BCUT2D eigenvalue weighted by molar-refractivity contribution is -0.125. The van der Waals surface area contributed by atoms with Crippen molar-refractivity contribution in [3.8, 4) is 17.2 Å². The zero-order valence-electron chi connectivity index (χ0n) is 16.4. The molecule has 0 aromatic heterocycles. The van der Waals surface area contributed by atoms with E-state index in [4.69, 9.17) is 25.8 Å². The molecule has 2 aromatic rings. The Morgan fingerprint density at radius 2 is 1.90 bits per heavy atom. The van der Waals surface area contributed by atoms with Crippen molar-refractivity contribution in [2.45, 2.75) is 19.4 Å². The zero-order valence-corrected chi connectivity index (χ0v) is 17.1. The fraction of sp³-hybridized carbons (Fsp3) is 0.333. The number of halogens is 1. The number of hydrogen-bond acceptors (Lipinski definition) is 5. The monoisotopic (exact) mass is 418 g/mol. The molecular weight excluding hydrogens is 396 g/mol. The second-order valence-electron chi connectivity index (χ2n) is 6.47. The number of anilines is 1. The van der Waals surface area contributed by atoms with E-state index in [9.17, 15) is 9.59 Å². The summed E-state index contributed by atoms with van der Waals surface area (Å²) in [7, 11) is 3.12. The van der Waals surface area contributed by atoms with Gasteiger partial charge in [-0.25, -0.2) is 0 Å². The first-order chi connectivity index (χ1) is 14.0. The largest absolute Gasteiger partial charge is 0.493 e. The van der Waals surface area contributed by atoms with Gasteiger partial charge in [0, 0.05) is 24.4 Å². The van der Waals surface area contributed by atoms with Gasteiger partial charge >= 0.3 is 0 Å². The van der Waals surface area contributed by atoms with Gasteiger partial charge in [0.25, 0.3) is 0 Å². The molecule has 3 rings (SSSR count). The summed E-state index contributed by atoms with van der Waals surface area (Å²) in [6, 6.07) is 10.6. The zero-order chi connectivity index (χ0) is 20.8. The molecule has 1 N–H and O–H groups in total. The van der Waals surface area contributed by atoms with E-state index in [1.54, 1.807) is 49.5 Å². The number of nitrogens with one attached hydrogen (secondary N) is 1. The Morgan fingerprint density at radius 3 is 2.66 bits per heavy atom. The highest BCUT2D eigenvalue weighted by Crippen LogP contribution is 2.34. The Bertz CT molecular complexity index is 903. The highest BCUT2D eigenvalue weighted by Gasteiger charge is 2.24. The maximum Gasteiger partial charge on any atom is 0.227 e. The average molecular weight is 419 g/mol. The number of carbonyl (C=O) groups excluding carboxylic acids is 2. The highest BCUT2D eigenvalue weighted by molar-refractivity contribution is 6.31. The number of fused-ring (bicyclic) bond motifs is 1. The second-order valence-corrected chi connectivity index (χ2v) is 6.91. The van der Waals surface area contributed by atoms with Gasteiger partial charge in [0.1, 0.15) is 12.4 Å². The molecule has 0 atom stereocenters. The van der Waals surface area contributed by atoms with Crippen LogP contribution in [0.1, 0.15) is 18.4 Å². The number of hydrogen-bond donors (Lipinski definition) is 1. The Labute approximate surface area is 174 Å². The maximum atomic E-state index is 12.6. The molecule has 0 spiro atoms. The van der Waals surface area contributed by atoms with Crippen LogP contribution in [-0.4, -0.2) is 39.2 Å². The van der Waals surface area contributed by atoms with Crippen molar-refractivity contribution in [2.75, 3.05) is 32.3 Å². The average Bonchev–Trinajstić information content (AvgIpc) is 2.75. The molecule has 2 aromatic carbocycles. The van der Waals surface area contributed by atoms with E-state index in [0.29, 0.717) is 47.7 Å². The normalized spacial score (nSPS) is 12.6. The van der Waals surface area contributed by atoms with Crippen LogP contribution in [0.3, 0.4) is 0 Å². The van der Waals surface area contributed by atoms with E-state index in [1.807, 2.05) is 6.07 Å². The molecule has 8 heteroatoms. The van der Waals surface area contributed by atoms with Crippen LogP contribution < -0.4 is 24.4 Å². The fourth-order valence-corrected chi connectivity index (χ4v) is 3.25. The molecule has 1 heterocycles. The topological polar surface area (TPSA) is 77.1 Å². The van der Waals surface area contributed by atoms with Gasteiger partial charge in [-0.05, 0) is 35.9 Å². The molecular formula is C21H23ClN2O5. The van der Waals surface area contributed by atoms with Gasteiger partial charge in [-0.3, -0.25) is 9.59 Å². The third-order valence-corrected chi connectivity index (χ3v) is 4.82. The van der Waals surface area contributed by atoms with Crippen molar-refractivity contribution in [3.63, 3.8) is 0 Å². The van der Waals surface area contributed by atoms with Crippen LogP contribution in [0.15, 0.2) is 36.4 Å². The first-order valence-electron chi connectivity index (χ1n) is 9.22. The lowest BCUT2D eigenvalue weighted by Gasteiger charge is -2.29. The first kappa shape index (κ1) is 20.8. The summed E-state index contributed by atoms with van der Waals surface area (Å²) in [4.78, 5) is 26.4. The summed E-state index contributed by atoms with van der Waals surface area (Å²) in [5.41, 5.74) is 1.51. The molecule has 0 saturated heterocycles. The van der Waals surface area contributed by atoms with Crippen LogP contribution >= 0.6 is 11.6 Å². The first-order valence-corrected chi connectivity index (χ1v) is 9.60. The molecule has 154 valence electrons. The number of methoxy groups -OCH3 is 2. The molecule has 29 heavy (non-hydrogen) atoms. The summed E-state index contributed by atoms with van der Waals surface area (Å²) in [6.45, 7) is 1.18. The molecule has 0 aliphatic carbocycles. The van der Waals surface area contributed by atoms with Crippen LogP contribution in [0.4, 0.5) is 5.69 Å². The van der Waals surface area contributed by atoms with E-state index in [-0.39, 0.29) is 24.7 Å². The number of ether oxygens (including phenoxy) is 3. The van der Waals surface area contributed by atoms with E-state index in [2.05, 4.69) is 5.32 Å². The third kappa shape index (κ3) is 5.12. The van der Waals surface area contributed by atoms with Crippen molar-refractivity contribution < 1.29 is 23.8 Å². The van der Waals surface area contributed by atoms with Gasteiger partial charge < -0.3 is 24.4 Å². The lowest BCUT2D eigenvalue weighted by atomic mass is 10.2. The van der Waals surface area contributed by atoms with Gasteiger partial charge in [-0.1, -0.05) is 17.7 Å². The molecule has 0 fully saturated rings. The van der Waals surface area contributed by atoms with Crippen molar-refractivity contribution in [1.29, 1.82) is 0 Å². The number of amides is 2. The maximum absolute atomic E-state index is 12.6. The van der Waals surface area contributed by atoms with Crippen molar-refractivity contribution in [1.82, 2.24) is 5.32 Å². The van der Waals surface area contributed by atoms with Gasteiger partial charge in [-0.15, -0.1) is 0 Å². The molecule has 0 saturated carbocycles. The molecule has 1 aliphatic rings. The number of nitrogens with zero attached hydrogens (tertiary/aromatic N) is 1. The molecule has 2 amide bonds. The minimum atomic E-state index is -0.201. The van der Waals surface area contributed by atoms with Crippen LogP contribution in [0.2, 0.25) is 5.02 Å². The number of benzene rings is 2. The van der Waals surface area contributed by atoms with Gasteiger partial charge in [-0.2, -0.15) is 0 Å². The summed E-state index contributed by atoms with van der Waals surface area (Å²) in [5.74, 6) is 1.50. The Hall–Kier alpha value is -2.93. The van der Waals surface area contributed by atoms with Crippen molar-refractivity contribution >= 4 is 29.1 Å². The third-order valence-electron chi connectivity index (χ3n) is 4.59. The SMILES string of the molecule is COc1ccc(CNC(=O)CCC(=O)N2CCOc3ccc(Cl)cc32)cc1OC. The quantitative estimate of drug-likeness (QED) is 0.747. The van der Waals surface area contributed by atoms with Crippen molar-refractivity contribution in [3.05, 3.63) is 47.0 Å². The Balaban J connectivity index is 1.53. The summed E-state index contributed by atoms with van der Waals surface area (Å²) >= 11 is 6.04. The second kappa shape index (κ2) is 9.52. The Kier molecular flexibility index (Phi) is 6.82. The molecule has 1 aliphatic heterocycles. The molecule has 0 bridgehead atoms. The summed E-state index contributed by atoms with van der Waals surface area (Å²) in [5, 5.41) is 3.35. The van der Waals surface area contributed by atoms with E-state index >= 15 is 0 Å². The fourth-order valence-electron chi connectivity index (χ4n) is 3.08. The van der Waals surface area contributed by atoms with E-state index in [1.165, 1.54) is 0 Å². The molecule has 0 unspecified atom stereocenters. The molecule has 7 nitrogen and oxygen atoms in total. The van der Waals surface area contributed by atoms with Crippen LogP contribution in [0.5, 0.6) is 17.2 Å². The lowest BCUT2D eigenvalue weighted by Crippen LogP contribution is -2.38. The van der Waals surface area contributed by atoms with Crippen LogP contribution in [0, 0.1) is 0 Å². The highest BCUT2D eigenvalue weighted by atomic mass is 35.5.